The fourth-order valence-electron chi connectivity index (χ4n) is 1.76. The molecular weight excluding hydrogens is 246 g/mol. The lowest BCUT2D eigenvalue weighted by molar-refractivity contribution is -0.149. The van der Waals surface area contributed by atoms with Gasteiger partial charge < -0.3 is 14.2 Å². The molecule has 1 aromatic carbocycles. The van der Waals surface area contributed by atoms with Crippen LogP contribution in [-0.2, 0) is 16.1 Å². The molecule has 1 heterocycles. The van der Waals surface area contributed by atoms with E-state index >= 15 is 0 Å². The van der Waals surface area contributed by atoms with Crippen molar-refractivity contribution in [2.24, 2.45) is 0 Å². The van der Waals surface area contributed by atoms with Gasteiger partial charge in [-0.2, -0.15) is 0 Å². The van der Waals surface area contributed by atoms with Gasteiger partial charge >= 0.3 is 5.97 Å². The second-order valence-corrected chi connectivity index (χ2v) is 4.89. The second-order valence-electron chi connectivity index (χ2n) is 4.89. The van der Waals surface area contributed by atoms with E-state index in [0.717, 1.165) is 17.1 Å². The van der Waals surface area contributed by atoms with Crippen LogP contribution < -0.4 is 14.8 Å². The van der Waals surface area contributed by atoms with Gasteiger partial charge in [0.25, 0.3) is 0 Å². The number of nitrogens with one attached hydrogen (secondary N) is 1. The molecule has 0 atom stereocenters. The lowest BCUT2D eigenvalue weighted by Crippen LogP contribution is -2.47. The normalized spacial score (nSPS) is 13.4. The molecule has 1 aromatic rings. The smallest absolute Gasteiger partial charge is 0.325 e. The van der Waals surface area contributed by atoms with Crippen molar-refractivity contribution in [3.05, 3.63) is 23.8 Å². The third kappa shape index (κ3) is 3.17. The monoisotopic (exact) mass is 265 g/mol. The zero-order valence-corrected chi connectivity index (χ0v) is 11.5. The Balaban J connectivity index is 1.96. The molecule has 0 aromatic heterocycles. The average molecular weight is 265 g/mol. The van der Waals surface area contributed by atoms with Crippen LogP contribution in [0.3, 0.4) is 0 Å². The Kier molecular flexibility index (Phi) is 3.95. The Morgan fingerprint density at radius 3 is 2.84 bits per heavy atom. The maximum absolute atomic E-state index is 11.7. The zero-order valence-electron chi connectivity index (χ0n) is 11.5. The van der Waals surface area contributed by atoms with Crippen molar-refractivity contribution in [3.63, 3.8) is 0 Å². The highest BCUT2D eigenvalue weighted by atomic mass is 16.7. The third-order valence-electron chi connectivity index (χ3n) is 2.96. The molecule has 5 heteroatoms. The molecule has 5 nitrogen and oxygen atoms in total. The fourth-order valence-corrected chi connectivity index (χ4v) is 1.76. The van der Waals surface area contributed by atoms with E-state index in [1.54, 1.807) is 20.8 Å². The van der Waals surface area contributed by atoms with Gasteiger partial charge in [0.15, 0.2) is 11.5 Å². The molecule has 0 saturated heterocycles. The lowest BCUT2D eigenvalue weighted by Gasteiger charge is -2.24. The summed E-state index contributed by atoms with van der Waals surface area (Å²) in [5.41, 5.74) is 0.313. The van der Waals surface area contributed by atoms with E-state index in [1.165, 1.54) is 0 Å². The molecule has 0 spiro atoms. The molecule has 0 radical (unpaired) electrons. The number of hydrogen-bond acceptors (Lipinski definition) is 5. The summed E-state index contributed by atoms with van der Waals surface area (Å²) in [6.45, 7) is 6.61. The Morgan fingerprint density at radius 1 is 1.37 bits per heavy atom. The fraction of sp³-hybridized carbons (Fsp3) is 0.500. The van der Waals surface area contributed by atoms with Crippen LogP contribution in [0.1, 0.15) is 26.3 Å². The summed E-state index contributed by atoms with van der Waals surface area (Å²) < 4.78 is 15.6. The maximum atomic E-state index is 11.7. The van der Waals surface area contributed by atoms with Gasteiger partial charge in [0.2, 0.25) is 6.79 Å². The van der Waals surface area contributed by atoms with Crippen LogP contribution in [0.2, 0.25) is 0 Å². The second kappa shape index (κ2) is 5.48. The van der Waals surface area contributed by atoms with Gasteiger partial charge in [0.1, 0.15) is 5.54 Å². The van der Waals surface area contributed by atoms with Crippen molar-refractivity contribution in [2.75, 3.05) is 13.4 Å². The van der Waals surface area contributed by atoms with E-state index in [9.17, 15) is 4.79 Å². The summed E-state index contributed by atoms with van der Waals surface area (Å²) >= 11 is 0. The van der Waals surface area contributed by atoms with Gasteiger partial charge in [0.05, 0.1) is 6.61 Å². The lowest BCUT2D eigenvalue weighted by atomic mass is 10.1. The minimum atomic E-state index is -0.716. The summed E-state index contributed by atoms with van der Waals surface area (Å²) in [5, 5.41) is 3.18. The molecule has 104 valence electrons. The number of carbonyl (C=O) groups excluding carboxylic acids is 1. The number of hydrogen-bond donors (Lipinski definition) is 1. The highest BCUT2D eigenvalue weighted by Crippen LogP contribution is 2.32. The third-order valence-corrected chi connectivity index (χ3v) is 2.96. The van der Waals surface area contributed by atoms with Crippen molar-refractivity contribution >= 4 is 5.97 Å². The standard InChI is InChI=1S/C14H19NO4/c1-4-17-13(16)14(2,3)15-8-10-5-6-11-12(7-10)19-9-18-11/h5-7,15H,4,8-9H2,1-3H3. The predicted molar refractivity (Wildman–Crippen MR) is 70.1 cm³/mol. The first-order valence-electron chi connectivity index (χ1n) is 6.33. The number of benzene rings is 1. The Morgan fingerprint density at radius 2 is 2.11 bits per heavy atom. The van der Waals surface area contributed by atoms with Crippen LogP contribution >= 0.6 is 0 Å². The predicted octanol–water partition coefficient (Wildman–Crippen LogP) is 1.85. The van der Waals surface area contributed by atoms with Crippen molar-refractivity contribution in [1.29, 1.82) is 0 Å². The summed E-state index contributed by atoms with van der Waals surface area (Å²) in [7, 11) is 0. The van der Waals surface area contributed by atoms with Crippen molar-refractivity contribution < 1.29 is 19.0 Å². The van der Waals surface area contributed by atoms with E-state index in [4.69, 9.17) is 14.2 Å². The average Bonchev–Trinajstić information content (AvgIpc) is 2.84. The molecular formula is C14H19NO4. The minimum Gasteiger partial charge on any atom is -0.465 e. The molecule has 1 aliphatic rings. The number of ether oxygens (including phenoxy) is 3. The van der Waals surface area contributed by atoms with Crippen molar-refractivity contribution in [1.82, 2.24) is 5.32 Å². The highest BCUT2D eigenvalue weighted by Gasteiger charge is 2.28. The Hall–Kier alpha value is -1.75. The molecule has 1 aliphatic heterocycles. The SMILES string of the molecule is CCOC(=O)C(C)(C)NCc1ccc2c(c1)OCO2. The van der Waals surface area contributed by atoms with Gasteiger partial charge in [-0.3, -0.25) is 10.1 Å². The van der Waals surface area contributed by atoms with Crippen LogP contribution in [0.25, 0.3) is 0 Å². The Bertz CT molecular complexity index is 471. The van der Waals surface area contributed by atoms with Crippen molar-refractivity contribution in [3.8, 4) is 11.5 Å². The molecule has 0 saturated carbocycles. The maximum Gasteiger partial charge on any atom is 0.325 e. The zero-order chi connectivity index (χ0) is 13.9. The molecule has 0 unspecified atom stereocenters. The van der Waals surface area contributed by atoms with E-state index in [1.807, 2.05) is 18.2 Å². The van der Waals surface area contributed by atoms with Gasteiger partial charge in [-0.05, 0) is 38.5 Å². The van der Waals surface area contributed by atoms with Crippen LogP contribution in [0.4, 0.5) is 0 Å². The quantitative estimate of drug-likeness (QED) is 0.823. The van der Waals surface area contributed by atoms with Crippen LogP contribution in [0.15, 0.2) is 18.2 Å². The first-order chi connectivity index (χ1) is 9.03. The minimum absolute atomic E-state index is 0.254. The first-order valence-corrected chi connectivity index (χ1v) is 6.33. The molecule has 0 bridgehead atoms. The van der Waals surface area contributed by atoms with Crippen LogP contribution in [-0.4, -0.2) is 24.9 Å². The molecule has 0 aliphatic carbocycles. The molecule has 2 rings (SSSR count). The number of fused-ring (bicyclic) bond motifs is 1. The van der Waals surface area contributed by atoms with Gasteiger partial charge in [-0.15, -0.1) is 0 Å². The highest BCUT2D eigenvalue weighted by molar-refractivity contribution is 5.79. The summed E-state index contributed by atoms with van der Waals surface area (Å²) in [4.78, 5) is 11.7. The van der Waals surface area contributed by atoms with Gasteiger partial charge in [-0.25, -0.2) is 0 Å². The summed E-state index contributed by atoms with van der Waals surface area (Å²) in [6, 6.07) is 5.73. The van der Waals surface area contributed by atoms with Gasteiger partial charge in [-0.1, -0.05) is 6.07 Å². The Labute approximate surface area is 112 Å². The van der Waals surface area contributed by atoms with Crippen LogP contribution in [0, 0.1) is 0 Å². The molecule has 1 N–H and O–H groups in total. The van der Waals surface area contributed by atoms with E-state index in [2.05, 4.69) is 5.32 Å². The van der Waals surface area contributed by atoms with Crippen molar-refractivity contribution in [2.45, 2.75) is 32.9 Å². The summed E-state index contributed by atoms with van der Waals surface area (Å²) in [6.07, 6.45) is 0. The molecule has 0 fully saturated rings. The van der Waals surface area contributed by atoms with E-state index < -0.39 is 5.54 Å². The number of rotatable bonds is 5. The largest absolute Gasteiger partial charge is 0.465 e. The first kappa shape index (κ1) is 13.7. The van der Waals surface area contributed by atoms with E-state index in [-0.39, 0.29) is 12.8 Å². The van der Waals surface area contributed by atoms with Gasteiger partial charge in [0, 0.05) is 6.54 Å². The topological polar surface area (TPSA) is 56.8 Å². The van der Waals surface area contributed by atoms with Crippen LogP contribution in [0.5, 0.6) is 11.5 Å². The number of esters is 1. The summed E-state index contributed by atoms with van der Waals surface area (Å²) in [5.74, 6) is 1.25. The molecule has 19 heavy (non-hydrogen) atoms. The van der Waals surface area contributed by atoms with E-state index in [0.29, 0.717) is 13.2 Å². The number of carbonyl (C=O) groups is 1. The molecule has 0 amide bonds.